The van der Waals surface area contributed by atoms with Gasteiger partial charge < -0.3 is 0 Å². The summed E-state index contributed by atoms with van der Waals surface area (Å²) in [6.07, 6.45) is 0. The second-order valence-electron chi connectivity index (χ2n) is 3.19. The van der Waals surface area contributed by atoms with Crippen LogP contribution in [-0.4, -0.2) is 22.9 Å². The molecular formula is C9H12NO+. The first-order valence-electron chi connectivity index (χ1n) is 3.91. The van der Waals surface area contributed by atoms with Gasteiger partial charge in [0.05, 0.1) is 0 Å². The summed E-state index contributed by atoms with van der Waals surface area (Å²) in [5.41, 5.74) is 1.22. The third-order valence-electron chi connectivity index (χ3n) is 2.06. The Balaban J connectivity index is 2.07. The van der Waals surface area contributed by atoms with Crippen molar-refractivity contribution in [3.05, 3.63) is 35.9 Å². The second kappa shape index (κ2) is 2.32. The minimum Gasteiger partial charge on any atom is -0.216 e. The lowest BCUT2D eigenvalue weighted by molar-refractivity contribution is -1.01. The summed E-state index contributed by atoms with van der Waals surface area (Å²) in [5.74, 6) is 0. The number of hydrogen-bond donors (Lipinski definition) is 1. The fourth-order valence-corrected chi connectivity index (χ4v) is 1.20. The number of nitrogens with zero attached hydrogens (tertiary/aromatic N) is 1. The van der Waals surface area contributed by atoms with Crippen LogP contribution in [0.3, 0.4) is 0 Å². The van der Waals surface area contributed by atoms with E-state index in [9.17, 15) is 5.21 Å². The molecule has 0 saturated carbocycles. The Morgan fingerprint density at radius 2 is 1.82 bits per heavy atom. The van der Waals surface area contributed by atoms with Crippen LogP contribution >= 0.6 is 0 Å². The highest BCUT2D eigenvalue weighted by atomic mass is 16.6. The van der Waals surface area contributed by atoms with Gasteiger partial charge in [-0.05, 0) is 0 Å². The van der Waals surface area contributed by atoms with Crippen LogP contribution in [-0.2, 0) is 6.54 Å². The monoisotopic (exact) mass is 150 g/mol. The smallest absolute Gasteiger partial charge is 0.161 e. The maximum Gasteiger partial charge on any atom is 0.161 e. The summed E-state index contributed by atoms with van der Waals surface area (Å²) >= 11 is 0. The molecule has 0 radical (unpaired) electrons. The van der Waals surface area contributed by atoms with E-state index in [2.05, 4.69) is 12.1 Å². The zero-order valence-corrected chi connectivity index (χ0v) is 6.40. The van der Waals surface area contributed by atoms with Crippen LogP contribution < -0.4 is 0 Å². The maximum absolute atomic E-state index is 9.52. The van der Waals surface area contributed by atoms with Crippen LogP contribution in [0.4, 0.5) is 0 Å². The van der Waals surface area contributed by atoms with E-state index in [0.29, 0.717) is 0 Å². The number of hydroxylamine groups is 3. The second-order valence-corrected chi connectivity index (χ2v) is 3.19. The van der Waals surface area contributed by atoms with E-state index in [4.69, 9.17) is 0 Å². The topological polar surface area (TPSA) is 20.2 Å². The van der Waals surface area contributed by atoms with Gasteiger partial charge in [-0.1, -0.05) is 30.3 Å². The van der Waals surface area contributed by atoms with Crippen LogP contribution in [0.5, 0.6) is 0 Å². The van der Waals surface area contributed by atoms with Crippen molar-refractivity contribution in [2.45, 2.75) is 6.54 Å². The van der Waals surface area contributed by atoms with Gasteiger partial charge in [-0.2, -0.15) is 4.65 Å². The molecule has 1 heterocycles. The predicted molar refractivity (Wildman–Crippen MR) is 41.9 cm³/mol. The van der Waals surface area contributed by atoms with Crippen molar-refractivity contribution in [3.63, 3.8) is 0 Å². The molecule has 0 amide bonds. The van der Waals surface area contributed by atoms with Crippen LogP contribution in [0.1, 0.15) is 5.56 Å². The van der Waals surface area contributed by atoms with Crippen LogP contribution in [0.25, 0.3) is 0 Å². The number of hydrogen-bond acceptors (Lipinski definition) is 1. The molecule has 1 aromatic carbocycles. The van der Waals surface area contributed by atoms with Crippen molar-refractivity contribution in [1.29, 1.82) is 0 Å². The number of benzene rings is 1. The third-order valence-corrected chi connectivity index (χ3v) is 2.06. The van der Waals surface area contributed by atoms with Gasteiger partial charge in [0.15, 0.2) is 13.1 Å². The quantitative estimate of drug-likeness (QED) is 0.499. The van der Waals surface area contributed by atoms with Gasteiger partial charge in [-0.15, -0.1) is 0 Å². The summed E-state index contributed by atoms with van der Waals surface area (Å²) in [4.78, 5) is 0. The van der Waals surface area contributed by atoms with E-state index in [1.165, 1.54) is 5.56 Å². The summed E-state index contributed by atoms with van der Waals surface area (Å²) in [6.45, 7) is 2.59. The molecule has 2 rings (SSSR count). The molecule has 0 unspecified atom stereocenters. The number of rotatable bonds is 2. The maximum atomic E-state index is 9.52. The lowest BCUT2D eigenvalue weighted by Gasteiger charge is -2.06. The minimum atomic E-state index is 0.240. The van der Waals surface area contributed by atoms with Crippen molar-refractivity contribution >= 4 is 0 Å². The Morgan fingerprint density at radius 1 is 1.18 bits per heavy atom. The van der Waals surface area contributed by atoms with Crippen LogP contribution in [0.15, 0.2) is 30.3 Å². The molecule has 1 aromatic rings. The van der Waals surface area contributed by atoms with Gasteiger partial charge in [-0.3, -0.25) is 0 Å². The Kier molecular flexibility index (Phi) is 1.44. The molecule has 0 atom stereocenters. The van der Waals surface area contributed by atoms with Crippen LogP contribution in [0, 0.1) is 0 Å². The van der Waals surface area contributed by atoms with E-state index < -0.39 is 0 Å². The zero-order valence-electron chi connectivity index (χ0n) is 6.40. The molecule has 2 heteroatoms. The summed E-state index contributed by atoms with van der Waals surface area (Å²) in [6, 6.07) is 10.1. The Bertz CT molecular complexity index is 241. The third kappa shape index (κ3) is 1.59. The highest BCUT2D eigenvalue weighted by Crippen LogP contribution is 2.20. The molecule has 0 aromatic heterocycles. The Hall–Kier alpha value is -0.860. The highest BCUT2D eigenvalue weighted by Gasteiger charge is 2.41. The predicted octanol–water partition coefficient (Wildman–Crippen LogP) is 1.41. The molecule has 1 aliphatic rings. The van der Waals surface area contributed by atoms with Crippen molar-refractivity contribution in [1.82, 2.24) is 0 Å². The first kappa shape index (κ1) is 6.83. The molecule has 1 N–H and O–H groups in total. The van der Waals surface area contributed by atoms with E-state index in [1.807, 2.05) is 18.2 Å². The van der Waals surface area contributed by atoms with Crippen molar-refractivity contribution in [2.24, 2.45) is 0 Å². The first-order chi connectivity index (χ1) is 5.29. The van der Waals surface area contributed by atoms with E-state index in [-0.39, 0.29) is 4.65 Å². The molecular weight excluding hydrogens is 138 g/mol. The molecule has 11 heavy (non-hydrogen) atoms. The summed E-state index contributed by atoms with van der Waals surface area (Å²) < 4.78 is 0.240. The molecule has 0 spiro atoms. The zero-order chi connectivity index (χ0) is 7.73. The van der Waals surface area contributed by atoms with E-state index in [0.717, 1.165) is 19.6 Å². The first-order valence-corrected chi connectivity index (χ1v) is 3.91. The highest BCUT2D eigenvalue weighted by molar-refractivity contribution is 5.13. The van der Waals surface area contributed by atoms with E-state index >= 15 is 0 Å². The van der Waals surface area contributed by atoms with Crippen molar-refractivity contribution < 1.29 is 9.85 Å². The average Bonchev–Trinajstić information content (AvgIpc) is 2.70. The standard InChI is InChI=1S/C9H12NO/c11-10(6-7-10)8-9-4-2-1-3-5-9/h1-5,11H,6-8H2/q+1. The van der Waals surface area contributed by atoms with Gasteiger partial charge in [0, 0.05) is 5.56 Å². The summed E-state index contributed by atoms with van der Waals surface area (Å²) in [5, 5.41) is 9.52. The lowest BCUT2D eigenvalue weighted by Crippen LogP contribution is -2.19. The van der Waals surface area contributed by atoms with Gasteiger partial charge in [-0.25, -0.2) is 5.21 Å². The normalized spacial score (nSPS) is 19.7. The largest absolute Gasteiger partial charge is 0.216 e. The van der Waals surface area contributed by atoms with Gasteiger partial charge >= 0.3 is 0 Å². The Labute approximate surface area is 66.2 Å². The number of quaternary nitrogens is 1. The van der Waals surface area contributed by atoms with Gasteiger partial charge in [0.25, 0.3) is 0 Å². The van der Waals surface area contributed by atoms with Crippen molar-refractivity contribution in [2.75, 3.05) is 13.1 Å². The Morgan fingerprint density at radius 3 is 2.36 bits per heavy atom. The fourth-order valence-electron chi connectivity index (χ4n) is 1.20. The molecule has 0 bridgehead atoms. The SMILES string of the molecule is O[N+]1(Cc2ccccc2)CC1. The van der Waals surface area contributed by atoms with Gasteiger partial charge in [0.2, 0.25) is 0 Å². The molecule has 58 valence electrons. The lowest BCUT2D eigenvalue weighted by atomic mass is 10.2. The van der Waals surface area contributed by atoms with Crippen LogP contribution in [0.2, 0.25) is 0 Å². The van der Waals surface area contributed by atoms with E-state index in [1.54, 1.807) is 0 Å². The molecule has 2 nitrogen and oxygen atoms in total. The minimum absolute atomic E-state index is 0.240. The van der Waals surface area contributed by atoms with Gasteiger partial charge in [0.1, 0.15) is 6.54 Å². The molecule has 0 aliphatic carbocycles. The molecule has 1 saturated heterocycles. The average molecular weight is 150 g/mol. The van der Waals surface area contributed by atoms with Crippen molar-refractivity contribution in [3.8, 4) is 0 Å². The molecule has 1 aliphatic heterocycles. The summed E-state index contributed by atoms with van der Waals surface area (Å²) in [7, 11) is 0. The molecule has 1 fully saturated rings. The fraction of sp³-hybridized carbons (Fsp3) is 0.333.